The third kappa shape index (κ3) is 3.45. The van der Waals surface area contributed by atoms with Gasteiger partial charge in [0.2, 0.25) is 5.84 Å². The van der Waals surface area contributed by atoms with Crippen LogP contribution in [0.4, 0.5) is 0 Å². The monoisotopic (exact) mass is 275 g/mol. The number of nitrogens with zero attached hydrogens (tertiary/aromatic N) is 2. The lowest BCUT2D eigenvalue weighted by Gasteiger charge is -2.08. The van der Waals surface area contributed by atoms with E-state index in [-0.39, 0.29) is 11.7 Å². The van der Waals surface area contributed by atoms with Crippen molar-refractivity contribution in [2.24, 2.45) is 9.98 Å². The lowest BCUT2D eigenvalue weighted by molar-refractivity contribution is -0.114. The molecule has 0 saturated carbocycles. The Morgan fingerprint density at radius 2 is 2.21 bits per heavy atom. The molecule has 1 heterocycles. The zero-order valence-electron chi connectivity index (χ0n) is 10.4. The maximum Gasteiger partial charge on any atom is 0.289 e. The molecule has 6 heteroatoms. The molecule has 1 N–H and O–H groups in total. The van der Waals surface area contributed by atoms with E-state index in [9.17, 15) is 4.79 Å². The van der Waals surface area contributed by atoms with Crippen LogP contribution in [0.5, 0.6) is 5.75 Å². The fourth-order valence-corrected chi connectivity index (χ4v) is 1.83. The lowest BCUT2D eigenvalue weighted by Crippen LogP contribution is -2.31. The van der Waals surface area contributed by atoms with Gasteiger partial charge in [-0.2, -0.15) is 0 Å². The van der Waals surface area contributed by atoms with Gasteiger partial charge in [-0.3, -0.25) is 4.79 Å². The van der Waals surface area contributed by atoms with Gasteiger partial charge in [0.25, 0.3) is 5.91 Å². The molecule has 0 radical (unpaired) electrons. The molecule has 0 aromatic heterocycles. The molecule has 19 heavy (non-hydrogen) atoms. The minimum atomic E-state index is -0.314. The summed E-state index contributed by atoms with van der Waals surface area (Å²) in [5.74, 6) is 0.616. The van der Waals surface area contributed by atoms with Gasteiger partial charge in [0.1, 0.15) is 10.7 Å². The van der Waals surface area contributed by atoms with Crippen LogP contribution in [0.1, 0.15) is 5.56 Å². The second kappa shape index (κ2) is 6.19. The fraction of sp³-hybridized carbons (Fsp3) is 0.231. The van der Waals surface area contributed by atoms with Gasteiger partial charge in [-0.05, 0) is 18.1 Å². The number of amidine groups is 1. The lowest BCUT2D eigenvalue weighted by atomic mass is 10.1. The average molecular weight is 275 g/mol. The Labute approximate surface area is 116 Å². The summed E-state index contributed by atoms with van der Waals surface area (Å²) in [6.07, 6.45) is 2.07. The Bertz CT molecular complexity index is 567. The van der Waals surface area contributed by atoms with Crippen LogP contribution >= 0.6 is 12.2 Å². The topological polar surface area (TPSA) is 63.0 Å². The quantitative estimate of drug-likeness (QED) is 0.820. The van der Waals surface area contributed by atoms with Crippen LogP contribution < -0.4 is 10.1 Å². The first-order valence-electron chi connectivity index (χ1n) is 5.77. The van der Waals surface area contributed by atoms with Crippen LogP contribution in [0.3, 0.4) is 0 Å². The van der Waals surface area contributed by atoms with Gasteiger partial charge >= 0.3 is 0 Å². The molecule has 1 aromatic carbocycles. The molecule has 1 aliphatic heterocycles. The molecule has 98 valence electrons. The van der Waals surface area contributed by atoms with E-state index in [4.69, 9.17) is 17.0 Å². The summed E-state index contributed by atoms with van der Waals surface area (Å²) in [6.45, 7) is 0.487. The third-order valence-corrected chi connectivity index (χ3v) is 2.79. The highest BCUT2D eigenvalue weighted by atomic mass is 32.1. The average Bonchev–Trinajstić information content (AvgIpc) is 2.86. The molecule has 0 saturated heterocycles. The maximum absolute atomic E-state index is 11.7. The molecule has 2 rings (SSSR count). The van der Waals surface area contributed by atoms with Crippen molar-refractivity contribution >= 4 is 35.2 Å². The summed E-state index contributed by atoms with van der Waals surface area (Å²) in [4.78, 5) is 19.7. The Balaban J connectivity index is 1.87. The van der Waals surface area contributed by atoms with E-state index >= 15 is 0 Å². The summed E-state index contributed by atoms with van der Waals surface area (Å²) in [7, 11) is 1.63. The largest absolute Gasteiger partial charge is 0.496 e. The summed E-state index contributed by atoms with van der Waals surface area (Å²) in [5.41, 5.74) is 1.04. The number of thiocarbonyl (C=S) groups is 1. The summed E-state index contributed by atoms with van der Waals surface area (Å²) in [5, 5.41) is 2.75. The first kappa shape index (κ1) is 13.4. The second-order valence-electron chi connectivity index (χ2n) is 3.85. The van der Waals surface area contributed by atoms with Crippen LogP contribution in [0.25, 0.3) is 0 Å². The molecule has 0 bridgehead atoms. The number of methoxy groups -OCH3 is 1. The molecule has 0 aliphatic carbocycles. The number of para-hydroxylation sites is 1. The summed E-state index contributed by atoms with van der Waals surface area (Å²) >= 11 is 4.80. The molecule has 5 nitrogen and oxygen atoms in total. The van der Waals surface area contributed by atoms with Gasteiger partial charge in [0, 0.05) is 6.54 Å². The predicted molar refractivity (Wildman–Crippen MR) is 78.2 cm³/mol. The van der Waals surface area contributed by atoms with Gasteiger partial charge in [0.15, 0.2) is 0 Å². The number of ether oxygens (including phenoxy) is 1. The fourth-order valence-electron chi connectivity index (χ4n) is 1.69. The minimum absolute atomic E-state index is 0.116. The molecule has 0 fully saturated rings. The third-order valence-electron chi connectivity index (χ3n) is 2.59. The molecular weight excluding hydrogens is 262 g/mol. The summed E-state index contributed by atoms with van der Waals surface area (Å²) in [6, 6.07) is 7.69. The smallest absolute Gasteiger partial charge is 0.289 e. The van der Waals surface area contributed by atoms with Crippen molar-refractivity contribution in [1.29, 1.82) is 0 Å². The number of amides is 1. The first-order valence-corrected chi connectivity index (χ1v) is 6.18. The number of benzene rings is 1. The molecule has 0 unspecified atom stereocenters. The Hall–Kier alpha value is -2.08. The Morgan fingerprint density at radius 1 is 1.42 bits per heavy atom. The van der Waals surface area contributed by atoms with Crippen molar-refractivity contribution in [1.82, 2.24) is 5.32 Å². The standard InChI is InChI=1S/C13H13N3O2S/c1-18-10-5-3-2-4-9(10)6-7-14-13(17)12-15-8-11(19)16-12/h2-5,8H,6-7H2,1H3,(H,14,17). The van der Waals surface area contributed by atoms with E-state index in [1.54, 1.807) is 7.11 Å². The van der Waals surface area contributed by atoms with Crippen LogP contribution in [0.2, 0.25) is 0 Å². The summed E-state index contributed by atoms with van der Waals surface area (Å²) < 4.78 is 5.24. The van der Waals surface area contributed by atoms with Crippen molar-refractivity contribution < 1.29 is 9.53 Å². The van der Waals surface area contributed by atoms with E-state index in [0.29, 0.717) is 18.0 Å². The first-order chi connectivity index (χ1) is 9.20. The van der Waals surface area contributed by atoms with Crippen molar-refractivity contribution in [3.63, 3.8) is 0 Å². The van der Waals surface area contributed by atoms with E-state index in [0.717, 1.165) is 11.3 Å². The van der Waals surface area contributed by atoms with Crippen molar-refractivity contribution in [2.75, 3.05) is 13.7 Å². The van der Waals surface area contributed by atoms with E-state index in [1.165, 1.54) is 6.21 Å². The van der Waals surface area contributed by atoms with Crippen molar-refractivity contribution in [3.8, 4) is 5.75 Å². The van der Waals surface area contributed by atoms with Crippen LogP contribution in [-0.4, -0.2) is 36.6 Å². The molecule has 1 amide bonds. The Morgan fingerprint density at radius 3 is 2.89 bits per heavy atom. The van der Waals surface area contributed by atoms with Gasteiger partial charge in [0.05, 0.1) is 13.3 Å². The highest BCUT2D eigenvalue weighted by Crippen LogP contribution is 2.17. The van der Waals surface area contributed by atoms with Crippen LogP contribution in [0.15, 0.2) is 34.3 Å². The SMILES string of the molecule is COc1ccccc1CCNC(=O)C1=NC(=S)C=N1. The number of carbonyl (C=O) groups is 1. The zero-order valence-corrected chi connectivity index (χ0v) is 11.2. The minimum Gasteiger partial charge on any atom is -0.496 e. The Kier molecular flexibility index (Phi) is 4.35. The van der Waals surface area contributed by atoms with Gasteiger partial charge in [-0.1, -0.05) is 30.4 Å². The van der Waals surface area contributed by atoms with Gasteiger partial charge < -0.3 is 10.1 Å². The van der Waals surface area contributed by atoms with Crippen molar-refractivity contribution in [2.45, 2.75) is 6.42 Å². The number of hydrogen-bond donors (Lipinski definition) is 1. The second-order valence-corrected chi connectivity index (χ2v) is 4.27. The molecular formula is C13H13N3O2S. The highest BCUT2D eigenvalue weighted by molar-refractivity contribution is 7.81. The van der Waals surface area contributed by atoms with E-state index in [2.05, 4.69) is 15.3 Å². The zero-order chi connectivity index (χ0) is 13.7. The van der Waals surface area contributed by atoms with Crippen molar-refractivity contribution in [3.05, 3.63) is 29.8 Å². The van der Waals surface area contributed by atoms with Gasteiger partial charge in [-0.15, -0.1) is 0 Å². The van der Waals surface area contributed by atoms with Crippen LogP contribution in [-0.2, 0) is 11.2 Å². The normalized spacial score (nSPS) is 13.3. The molecule has 1 aromatic rings. The van der Waals surface area contributed by atoms with E-state index in [1.807, 2.05) is 24.3 Å². The number of hydrogen-bond acceptors (Lipinski definition) is 4. The number of carbonyl (C=O) groups excluding carboxylic acids is 1. The molecule has 0 spiro atoms. The maximum atomic E-state index is 11.7. The molecule has 1 aliphatic rings. The van der Waals surface area contributed by atoms with Gasteiger partial charge in [-0.25, -0.2) is 9.98 Å². The number of aliphatic imine (C=N–C) groups is 2. The van der Waals surface area contributed by atoms with Crippen LogP contribution in [0, 0.1) is 0 Å². The number of rotatable bonds is 5. The molecule has 0 atom stereocenters. The predicted octanol–water partition coefficient (Wildman–Crippen LogP) is 1.16. The highest BCUT2D eigenvalue weighted by Gasteiger charge is 2.14. The van der Waals surface area contributed by atoms with E-state index < -0.39 is 0 Å². The number of nitrogens with one attached hydrogen (secondary N) is 1.